The molecule has 0 saturated carbocycles. The molecular formula is C27H23BrCl2N2O7S. The minimum absolute atomic E-state index is 0.0232. The van der Waals surface area contributed by atoms with E-state index in [0.29, 0.717) is 31.9 Å². The number of hydrogen-bond acceptors (Lipinski definition) is 8. The number of allylic oxidation sites excluding steroid dienone is 1. The summed E-state index contributed by atoms with van der Waals surface area (Å²) in [6.07, 6.45) is 1.20. The van der Waals surface area contributed by atoms with Crippen LogP contribution in [0, 0.1) is 0 Å². The SMILES string of the molecule is COc1ccc(Br)cc1[C@H]1C(C(=O)OC(C)C)=C(C)N=c2s/c(=C\c3cc(Cl)c(OCC(=O)O)c(Cl)c3)c(=O)n21. The van der Waals surface area contributed by atoms with Gasteiger partial charge < -0.3 is 19.3 Å². The smallest absolute Gasteiger partial charge is 0.341 e. The van der Waals surface area contributed by atoms with Crippen molar-refractivity contribution < 1.29 is 28.9 Å². The lowest BCUT2D eigenvalue weighted by Gasteiger charge is -2.26. The van der Waals surface area contributed by atoms with Gasteiger partial charge in [-0.05, 0) is 62.7 Å². The molecule has 0 aliphatic carbocycles. The highest BCUT2D eigenvalue weighted by atomic mass is 79.9. The molecule has 4 rings (SSSR count). The quantitative estimate of drug-likeness (QED) is 0.345. The van der Waals surface area contributed by atoms with Crippen LogP contribution in [0.15, 0.2) is 55.9 Å². The molecule has 1 aromatic heterocycles. The maximum absolute atomic E-state index is 13.9. The van der Waals surface area contributed by atoms with Crippen LogP contribution < -0.4 is 24.4 Å². The fourth-order valence-corrected chi connectivity index (χ4v) is 6.20. The van der Waals surface area contributed by atoms with Crippen molar-refractivity contribution in [3.8, 4) is 11.5 Å². The summed E-state index contributed by atoms with van der Waals surface area (Å²) < 4.78 is 18.8. The lowest BCUT2D eigenvalue weighted by atomic mass is 9.95. The third-order valence-corrected chi connectivity index (χ3v) is 7.77. The molecule has 2 heterocycles. The van der Waals surface area contributed by atoms with Crippen LogP contribution in [-0.2, 0) is 14.3 Å². The van der Waals surface area contributed by atoms with E-state index in [9.17, 15) is 14.4 Å². The molecule has 0 bridgehead atoms. The van der Waals surface area contributed by atoms with Crippen LogP contribution in [0.3, 0.4) is 0 Å². The number of halogens is 3. The molecule has 0 spiro atoms. The molecule has 0 unspecified atom stereocenters. The highest BCUT2D eigenvalue weighted by Gasteiger charge is 2.35. The second-order valence-corrected chi connectivity index (χ2v) is 11.7. The van der Waals surface area contributed by atoms with Crippen LogP contribution in [0.1, 0.15) is 37.9 Å². The Hall–Kier alpha value is -3.12. The Bertz CT molecular complexity index is 1710. The van der Waals surface area contributed by atoms with Gasteiger partial charge in [0.25, 0.3) is 5.56 Å². The molecule has 0 radical (unpaired) electrons. The van der Waals surface area contributed by atoms with Crippen LogP contribution in [-0.4, -0.2) is 41.4 Å². The van der Waals surface area contributed by atoms with E-state index in [1.54, 1.807) is 45.0 Å². The summed E-state index contributed by atoms with van der Waals surface area (Å²) in [5, 5.41) is 9.04. The monoisotopic (exact) mass is 668 g/mol. The van der Waals surface area contributed by atoms with E-state index >= 15 is 0 Å². The zero-order chi connectivity index (χ0) is 29.3. The maximum Gasteiger partial charge on any atom is 0.341 e. The lowest BCUT2D eigenvalue weighted by Crippen LogP contribution is -2.40. The molecule has 0 fully saturated rings. The van der Waals surface area contributed by atoms with Gasteiger partial charge in [-0.25, -0.2) is 14.6 Å². The summed E-state index contributed by atoms with van der Waals surface area (Å²) in [6.45, 7) is 4.57. The van der Waals surface area contributed by atoms with Gasteiger partial charge in [-0.1, -0.05) is 50.5 Å². The third kappa shape index (κ3) is 6.12. The van der Waals surface area contributed by atoms with Crippen molar-refractivity contribution in [2.75, 3.05) is 13.7 Å². The molecule has 9 nitrogen and oxygen atoms in total. The maximum atomic E-state index is 13.9. The van der Waals surface area contributed by atoms with E-state index in [1.165, 1.54) is 23.8 Å². The molecule has 1 N–H and O–H groups in total. The van der Waals surface area contributed by atoms with Crippen LogP contribution in [0.5, 0.6) is 11.5 Å². The first-order valence-corrected chi connectivity index (χ1v) is 14.2. The molecule has 0 amide bonds. The number of rotatable bonds is 8. The average Bonchev–Trinajstić information content (AvgIpc) is 3.16. The highest BCUT2D eigenvalue weighted by molar-refractivity contribution is 9.10. The molecular weight excluding hydrogens is 647 g/mol. The van der Waals surface area contributed by atoms with E-state index in [4.69, 9.17) is 42.5 Å². The van der Waals surface area contributed by atoms with Gasteiger partial charge in [-0.15, -0.1) is 0 Å². The predicted molar refractivity (Wildman–Crippen MR) is 155 cm³/mol. The second-order valence-electron chi connectivity index (χ2n) is 8.92. The summed E-state index contributed by atoms with van der Waals surface area (Å²) in [5.41, 5.74) is 1.28. The topological polar surface area (TPSA) is 116 Å². The zero-order valence-electron chi connectivity index (χ0n) is 21.7. The van der Waals surface area contributed by atoms with Crippen LogP contribution >= 0.6 is 50.5 Å². The van der Waals surface area contributed by atoms with E-state index < -0.39 is 30.1 Å². The molecule has 3 aromatic rings. The fraction of sp³-hybridized carbons (Fsp3) is 0.259. The van der Waals surface area contributed by atoms with Crippen LogP contribution in [0.4, 0.5) is 0 Å². The van der Waals surface area contributed by atoms with Crippen molar-refractivity contribution in [2.45, 2.75) is 32.9 Å². The molecule has 0 saturated heterocycles. The number of fused-ring (bicyclic) bond motifs is 1. The molecule has 13 heteroatoms. The normalized spacial score (nSPS) is 15.1. The Morgan fingerprint density at radius 2 is 1.90 bits per heavy atom. The number of carboxylic acid groups (broad SMARTS) is 1. The first-order valence-electron chi connectivity index (χ1n) is 11.8. The van der Waals surface area contributed by atoms with Gasteiger partial charge in [0, 0.05) is 10.0 Å². The minimum Gasteiger partial charge on any atom is -0.496 e. The lowest BCUT2D eigenvalue weighted by molar-refractivity contribution is -0.143. The van der Waals surface area contributed by atoms with Crippen molar-refractivity contribution in [1.29, 1.82) is 0 Å². The van der Waals surface area contributed by atoms with Gasteiger partial charge in [0.2, 0.25) is 0 Å². The van der Waals surface area contributed by atoms with Crippen molar-refractivity contribution in [3.05, 3.63) is 86.9 Å². The number of hydrogen-bond donors (Lipinski definition) is 1. The van der Waals surface area contributed by atoms with Gasteiger partial charge in [-0.2, -0.15) is 0 Å². The first-order chi connectivity index (χ1) is 18.9. The second kappa shape index (κ2) is 12.2. The Kier molecular flexibility index (Phi) is 9.09. The zero-order valence-corrected chi connectivity index (χ0v) is 25.6. The van der Waals surface area contributed by atoms with E-state index in [1.807, 2.05) is 0 Å². The van der Waals surface area contributed by atoms with E-state index in [0.717, 1.165) is 15.8 Å². The molecule has 210 valence electrons. The highest BCUT2D eigenvalue weighted by Crippen LogP contribution is 2.38. The van der Waals surface area contributed by atoms with Crippen LogP contribution in [0.2, 0.25) is 10.0 Å². The first kappa shape index (κ1) is 29.9. The molecule has 2 aromatic carbocycles. The van der Waals surface area contributed by atoms with Crippen LogP contribution in [0.25, 0.3) is 6.08 Å². The largest absolute Gasteiger partial charge is 0.496 e. The molecule has 1 aliphatic heterocycles. The Morgan fingerprint density at radius 3 is 2.50 bits per heavy atom. The van der Waals surface area contributed by atoms with Crippen molar-refractivity contribution in [1.82, 2.24) is 4.57 Å². The molecule has 1 atom stereocenters. The van der Waals surface area contributed by atoms with Gasteiger partial charge >= 0.3 is 11.9 Å². The van der Waals surface area contributed by atoms with E-state index in [-0.39, 0.29) is 27.5 Å². The summed E-state index contributed by atoms with van der Waals surface area (Å²) in [7, 11) is 1.51. The van der Waals surface area contributed by atoms with Crippen molar-refractivity contribution in [2.24, 2.45) is 4.99 Å². The number of methoxy groups -OCH3 is 1. The Morgan fingerprint density at radius 1 is 1.23 bits per heavy atom. The van der Waals surface area contributed by atoms with E-state index in [2.05, 4.69) is 20.9 Å². The summed E-state index contributed by atoms with van der Waals surface area (Å²) in [5.74, 6) is -1.27. The fourth-order valence-electron chi connectivity index (χ4n) is 4.16. The number of aliphatic carboxylic acids is 1. The number of carbonyl (C=O) groups excluding carboxylic acids is 1. The number of ether oxygens (including phenoxy) is 3. The number of thiazole rings is 1. The number of nitrogens with zero attached hydrogens (tertiary/aromatic N) is 2. The standard InChI is InChI=1S/C27H23BrCl2N2O7S/c1-12(2)39-26(36)22-13(3)31-27-32(23(22)16-10-15(28)5-6-19(16)37-4)25(35)20(40-27)9-14-7-17(29)24(18(30)8-14)38-11-21(33)34/h5-10,12,23H,11H2,1-4H3,(H,33,34)/b20-9-/t23-/m0/s1. The van der Waals surface area contributed by atoms with Gasteiger partial charge in [-0.3, -0.25) is 9.36 Å². The Balaban J connectivity index is 1.92. The van der Waals surface area contributed by atoms with Gasteiger partial charge in [0.15, 0.2) is 17.2 Å². The molecule has 40 heavy (non-hydrogen) atoms. The molecule has 1 aliphatic rings. The Labute approximate surface area is 251 Å². The summed E-state index contributed by atoms with van der Waals surface area (Å²) in [4.78, 5) is 43.0. The number of benzene rings is 2. The van der Waals surface area contributed by atoms with Crippen molar-refractivity contribution in [3.63, 3.8) is 0 Å². The number of esters is 1. The summed E-state index contributed by atoms with van der Waals surface area (Å²) >= 11 is 17.2. The number of carboxylic acids is 1. The predicted octanol–water partition coefficient (Wildman–Crippen LogP) is 4.73. The van der Waals surface area contributed by atoms with Gasteiger partial charge in [0.05, 0.1) is 39.1 Å². The number of carbonyl (C=O) groups is 2. The number of aromatic nitrogens is 1. The van der Waals surface area contributed by atoms with Crippen molar-refractivity contribution >= 4 is 68.5 Å². The third-order valence-electron chi connectivity index (χ3n) is 5.73. The average molecular weight is 670 g/mol. The van der Waals surface area contributed by atoms with Gasteiger partial charge in [0.1, 0.15) is 11.8 Å². The summed E-state index contributed by atoms with van der Waals surface area (Å²) in [6, 6.07) is 7.47. The minimum atomic E-state index is -1.18.